The quantitative estimate of drug-likeness (QED) is 0.205. The van der Waals surface area contributed by atoms with Gasteiger partial charge < -0.3 is 25.2 Å². The molecule has 0 unspecified atom stereocenters. The summed E-state index contributed by atoms with van der Waals surface area (Å²) >= 11 is 0. The highest BCUT2D eigenvalue weighted by Gasteiger charge is 2.27. The van der Waals surface area contributed by atoms with Gasteiger partial charge in [0.05, 0.1) is 37.3 Å². The zero-order chi connectivity index (χ0) is 25.5. The second-order valence-corrected chi connectivity index (χ2v) is 8.54. The maximum atomic E-state index is 13.6. The average molecular weight is 494 g/mol. The number of rotatable bonds is 9. The molecule has 2 heterocycles. The minimum atomic E-state index is -0.421. The number of nitrogens with two attached hydrogens (primary N) is 1. The maximum Gasteiger partial charge on any atom is 0.258 e. The van der Waals surface area contributed by atoms with Crippen LogP contribution in [0.1, 0.15) is 22.3 Å². The summed E-state index contributed by atoms with van der Waals surface area (Å²) in [6.45, 7) is 3.07. The van der Waals surface area contributed by atoms with Crippen molar-refractivity contribution in [3.05, 3.63) is 75.8 Å². The number of halogens is 1. The number of nitrogens with one attached hydrogen (secondary N) is 1. The van der Waals surface area contributed by atoms with Gasteiger partial charge in [0.1, 0.15) is 11.5 Å². The molecule has 3 N–H and O–H groups in total. The molecule has 4 rings (SSSR count). The Kier molecular flexibility index (Phi) is 8.19. The normalized spacial score (nSPS) is 16.3. The van der Waals surface area contributed by atoms with Gasteiger partial charge in [0.2, 0.25) is 0 Å². The lowest BCUT2D eigenvalue weighted by Gasteiger charge is -2.17. The number of benzene rings is 2. The van der Waals surface area contributed by atoms with Gasteiger partial charge in [-0.25, -0.2) is 4.39 Å². The molecule has 0 saturated carbocycles. The highest BCUT2D eigenvalue weighted by molar-refractivity contribution is 6.38. The topological polar surface area (TPSA) is 122 Å². The summed E-state index contributed by atoms with van der Waals surface area (Å²) in [6.07, 6.45) is 2.27. The number of nitrogens with zero attached hydrogens (tertiary/aromatic N) is 3. The maximum absolute atomic E-state index is 13.6. The number of likely N-dealkylation sites (tertiary alicyclic amines) is 1. The Hall–Kier alpha value is -3.89. The second kappa shape index (κ2) is 11.7. The molecule has 0 aliphatic carbocycles. The Morgan fingerprint density at radius 2 is 2.03 bits per heavy atom. The molecule has 1 aliphatic rings. The monoisotopic (exact) mass is 493 g/mol. The van der Waals surface area contributed by atoms with Crippen LogP contribution in [0.2, 0.25) is 0 Å². The molecular weight excluding hydrogens is 465 g/mol. The first-order valence-corrected chi connectivity index (χ1v) is 11.6. The van der Waals surface area contributed by atoms with E-state index in [0.29, 0.717) is 61.0 Å². The zero-order valence-corrected chi connectivity index (χ0v) is 19.9. The van der Waals surface area contributed by atoms with Crippen LogP contribution in [0.25, 0.3) is 10.9 Å². The van der Waals surface area contributed by atoms with E-state index in [2.05, 4.69) is 15.1 Å². The van der Waals surface area contributed by atoms with E-state index in [-0.39, 0.29) is 17.2 Å². The van der Waals surface area contributed by atoms with Crippen LogP contribution in [0.15, 0.2) is 63.4 Å². The summed E-state index contributed by atoms with van der Waals surface area (Å²) in [5.74, 6) is 5.37. The number of amides is 1. The summed E-state index contributed by atoms with van der Waals surface area (Å²) in [4.78, 5) is 34.2. The Morgan fingerprint density at radius 1 is 1.22 bits per heavy atom. The van der Waals surface area contributed by atoms with Crippen LogP contribution in [-0.2, 0) is 9.47 Å². The fraction of sp³-hybridized carbons (Fsp3) is 0.308. The van der Waals surface area contributed by atoms with Gasteiger partial charge in [0, 0.05) is 42.6 Å². The number of carbonyl (C=O) groups excluding carboxylic acids is 1. The van der Waals surface area contributed by atoms with Gasteiger partial charge in [-0.2, -0.15) is 5.10 Å². The fourth-order valence-corrected chi connectivity index (χ4v) is 4.09. The van der Waals surface area contributed by atoms with Crippen molar-refractivity contribution in [1.82, 2.24) is 9.88 Å². The molecule has 1 atom stereocenters. The summed E-state index contributed by atoms with van der Waals surface area (Å²) < 4.78 is 24.2. The first kappa shape index (κ1) is 25.2. The van der Waals surface area contributed by atoms with Crippen LogP contribution in [0.5, 0.6) is 0 Å². The Labute approximate surface area is 207 Å². The number of aromatic nitrogens is 1. The van der Waals surface area contributed by atoms with Crippen LogP contribution in [0, 0.1) is 11.7 Å². The number of hydrogen-bond acceptors (Lipinski definition) is 7. The number of H-pyrrole nitrogens is 1. The molecular formula is C26H28FN5O4. The molecule has 10 heteroatoms. The number of hydrazone groups is 1. The van der Waals surface area contributed by atoms with Gasteiger partial charge >= 0.3 is 0 Å². The Bertz CT molecular complexity index is 1340. The number of aliphatic imine (C=N–C) groups is 1. The van der Waals surface area contributed by atoms with Crippen molar-refractivity contribution in [2.24, 2.45) is 21.9 Å². The molecule has 9 nitrogen and oxygen atoms in total. The van der Waals surface area contributed by atoms with Crippen molar-refractivity contribution in [2.75, 3.05) is 40.0 Å². The van der Waals surface area contributed by atoms with Gasteiger partial charge in [-0.3, -0.25) is 14.6 Å². The minimum absolute atomic E-state index is 0.0379. The lowest BCUT2D eigenvalue weighted by atomic mass is 10.1. The first-order valence-electron chi connectivity index (χ1n) is 11.6. The van der Waals surface area contributed by atoms with E-state index in [0.717, 1.165) is 6.42 Å². The lowest BCUT2D eigenvalue weighted by molar-refractivity contribution is 0.0515. The van der Waals surface area contributed by atoms with Crippen LogP contribution in [0.4, 0.5) is 10.1 Å². The first-order chi connectivity index (χ1) is 17.5. The van der Waals surface area contributed by atoms with Crippen molar-refractivity contribution in [3.63, 3.8) is 0 Å². The van der Waals surface area contributed by atoms with Gasteiger partial charge in [-0.15, -0.1) is 0 Å². The van der Waals surface area contributed by atoms with Crippen molar-refractivity contribution in [3.8, 4) is 0 Å². The van der Waals surface area contributed by atoms with Crippen LogP contribution >= 0.6 is 0 Å². The Balaban J connectivity index is 1.40. The molecule has 1 fully saturated rings. The van der Waals surface area contributed by atoms with Crippen molar-refractivity contribution >= 4 is 34.4 Å². The SMILES string of the molecule is COCCOC[C@H]1CCN(C(=O)c2ccc(N=CC(=NN)c3cc4cc(F)ccc4[nH]c3=O)cc2)C1. The molecule has 188 valence electrons. The van der Waals surface area contributed by atoms with E-state index in [1.807, 2.05) is 4.90 Å². The molecule has 36 heavy (non-hydrogen) atoms. The smallest absolute Gasteiger partial charge is 0.258 e. The van der Waals surface area contributed by atoms with Gasteiger partial charge in [0.15, 0.2) is 0 Å². The van der Waals surface area contributed by atoms with Crippen LogP contribution in [-0.4, -0.2) is 67.7 Å². The van der Waals surface area contributed by atoms with Crippen LogP contribution in [0.3, 0.4) is 0 Å². The largest absolute Gasteiger partial charge is 0.382 e. The van der Waals surface area contributed by atoms with E-state index in [9.17, 15) is 14.0 Å². The summed E-state index contributed by atoms with van der Waals surface area (Å²) in [6, 6.07) is 12.4. The molecule has 3 aromatic rings. The standard InChI is InChI=1S/C26H28FN5O4/c1-35-10-11-36-16-17-8-9-32(15-17)26(34)18-2-5-21(6-3-18)29-14-24(31-28)22-13-19-12-20(27)4-7-23(19)30-25(22)33/h2-7,12-14,17H,8-11,15-16,28H2,1H3,(H,30,33)/t17-/m0/s1. The molecule has 0 radical (unpaired) electrons. The molecule has 0 bridgehead atoms. The summed E-state index contributed by atoms with van der Waals surface area (Å²) in [5, 5.41) is 4.18. The number of methoxy groups -OCH3 is 1. The van der Waals surface area contributed by atoms with Gasteiger partial charge in [-0.05, 0) is 55.0 Å². The third-order valence-corrected chi connectivity index (χ3v) is 6.03. The molecule has 1 aliphatic heterocycles. The average Bonchev–Trinajstić information content (AvgIpc) is 3.36. The van der Waals surface area contributed by atoms with Crippen molar-refractivity contribution < 1.29 is 18.7 Å². The van der Waals surface area contributed by atoms with E-state index in [1.165, 1.54) is 30.5 Å². The predicted molar refractivity (Wildman–Crippen MR) is 137 cm³/mol. The number of fused-ring (bicyclic) bond motifs is 1. The van der Waals surface area contributed by atoms with E-state index < -0.39 is 11.4 Å². The number of carbonyl (C=O) groups is 1. The van der Waals surface area contributed by atoms with E-state index >= 15 is 0 Å². The number of ether oxygens (including phenoxy) is 2. The van der Waals surface area contributed by atoms with Gasteiger partial charge in [-0.1, -0.05) is 0 Å². The van der Waals surface area contributed by atoms with Crippen molar-refractivity contribution in [2.45, 2.75) is 6.42 Å². The minimum Gasteiger partial charge on any atom is -0.382 e. The third-order valence-electron chi connectivity index (χ3n) is 6.03. The lowest BCUT2D eigenvalue weighted by Crippen LogP contribution is -2.29. The predicted octanol–water partition coefficient (Wildman–Crippen LogP) is 2.86. The van der Waals surface area contributed by atoms with E-state index in [1.54, 1.807) is 31.4 Å². The molecule has 1 saturated heterocycles. The van der Waals surface area contributed by atoms with Gasteiger partial charge in [0.25, 0.3) is 11.5 Å². The second-order valence-electron chi connectivity index (χ2n) is 8.54. The van der Waals surface area contributed by atoms with E-state index in [4.69, 9.17) is 15.3 Å². The Morgan fingerprint density at radius 3 is 2.78 bits per heavy atom. The third kappa shape index (κ3) is 6.02. The number of pyridine rings is 1. The number of hydrogen-bond donors (Lipinski definition) is 2. The molecule has 1 amide bonds. The molecule has 0 spiro atoms. The summed E-state index contributed by atoms with van der Waals surface area (Å²) in [5.41, 5.74) is 1.51. The van der Waals surface area contributed by atoms with Crippen LogP contribution < -0.4 is 11.4 Å². The van der Waals surface area contributed by atoms with Crippen molar-refractivity contribution in [1.29, 1.82) is 0 Å². The molecule has 2 aromatic carbocycles. The number of aromatic amines is 1. The highest BCUT2D eigenvalue weighted by Crippen LogP contribution is 2.21. The zero-order valence-electron chi connectivity index (χ0n) is 19.9. The molecule has 1 aromatic heterocycles. The highest BCUT2D eigenvalue weighted by atomic mass is 19.1. The fourth-order valence-electron chi connectivity index (χ4n) is 4.09. The summed E-state index contributed by atoms with van der Waals surface area (Å²) in [7, 11) is 1.63.